The van der Waals surface area contributed by atoms with Gasteiger partial charge in [0, 0.05) is 26.3 Å². The minimum Gasteiger partial charge on any atom is -0.395 e. The van der Waals surface area contributed by atoms with Crippen molar-refractivity contribution in [1.29, 1.82) is 0 Å². The third-order valence-corrected chi connectivity index (χ3v) is 12.5. The van der Waals surface area contributed by atoms with E-state index < -0.39 is 8.56 Å². The summed E-state index contributed by atoms with van der Waals surface area (Å²) >= 11 is 0. The van der Waals surface area contributed by atoms with Crippen molar-refractivity contribution in [2.45, 2.75) is 239 Å². The molecule has 2 N–H and O–H groups in total. The van der Waals surface area contributed by atoms with Crippen LogP contribution in [-0.4, -0.2) is 76.0 Å². The van der Waals surface area contributed by atoms with Crippen LogP contribution in [0.15, 0.2) is 12.2 Å². The van der Waals surface area contributed by atoms with Gasteiger partial charge >= 0.3 is 8.56 Å². The van der Waals surface area contributed by atoms with Crippen molar-refractivity contribution >= 4 is 8.56 Å². The third kappa shape index (κ3) is 41.4. The molecule has 6 nitrogen and oxygen atoms in total. The quantitative estimate of drug-likeness (QED) is 0.0277. The van der Waals surface area contributed by atoms with Gasteiger partial charge < -0.3 is 23.8 Å². The smallest absolute Gasteiger partial charge is 0.333 e. The molecule has 7 heteroatoms. The number of allylic oxidation sites excluding steroid dienone is 2. The lowest BCUT2D eigenvalue weighted by atomic mass is 10.0. The van der Waals surface area contributed by atoms with Gasteiger partial charge in [-0.1, -0.05) is 174 Å². The van der Waals surface area contributed by atoms with E-state index in [0.29, 0.717) is 13.1 Å². The number of nitrogens with zero attached hydrogens (tertiary/aromatic N) is 1. The summed E-state index contributed by atoms with van der Waals surface area (Å²) in [4.78, 5) is 2.13. The molecular formula is C47H97NO5Si. The molecule has 0 fully saturated rings. The van der Waals surface area contributed by atoms with Crippen LogP contribution in [0.25, 0.3) is 0 Å². The highest BCUT2D eigenvalue weighted by molar-refractivity contribution is 6.64. The second-order valence-electron chi connectivity index (χ2n) is 17.2. The molecule has 0 aromatic carbocycles. The molecule has 0 aromatic rings. The fourth-order valence-corrected chi connectivity index (χ4v) is 8.80. The van der Waals surface area contributed by atoms with Gasteiger partial charge in [0.2, 0.25) is 0 Å². The summed E-state index contributed by atoms with van der Waals surface area (Å²) in [5, 5.41) is 18.4. The van der Waals surface area contributed by atoms with Crippen LogP contribution < -0.4 is 0 Å². The first-order valence-corrected chi connectivity index (χ1v) is 26.7. The van der Waals surface area contributed by atoms with Crippen molar-refractivity contribution < 1.29 is 23.8 Å². The Morgan fingerprint density at radius 2 is 0.926 bits per heavy atom. The molecule has 0 aliphatic rings. The van der Waals surface area contributed by atoms with E-state index in [1.165, 1.54) is 154 Å². The summed E-state index contributed by atoms with van der Waals surface area (Å²) in [5.74, 6) is 0.861. The van der Waals surface area contributed by atoms with Crippen LogP contribution in [0.5, 0.6) is 0 Å². The molecule has 0 saturated heterocycles. The van der Waals surface area contributed by atoms with E-state index in [4.69, 9.17) is 13.6 Å². The Balaban J connectivity index is 4.32. The number of unbranched alkanes of at least 4 members (excludes halogenated alkanes) is 25. The van der Waals surface area contributed by atoms with Crippen LogP contribution >= 0.6 is 0 Å². The Kier molecular flexibility index (Phi) is 42.1. The Bertz CT molecular complexity index is 746. The highest BCUT2D eigenvalue weighted by atomic mass is 28.4. The molecule has 0 heterocycles. The van der Waals surface area contributed by atoms with Crippen molar-refractivity contribution in [2.75, 3.05) is 46.1 Å². The van der Waals surface area contributed by atoms with Crippen molar-refractivity contribution in [1.82, 2.24) is 4.90 Å². The zero-order chi connectivity index (χ0) is 39.6. The zero-order valence-electron chi connectivity index (χ0n) is 37.2. The summed E-state index contributed by atoms with van der Waals surface area (Å²) in [6.07, 6.45) is 44.9. The molecule has 324 valence electrons. The average Bonchev–Trinajstić information content (AvgIpc) is 3.14. The average molecular weight is 784 g/mol. The van der Waals surface area contributed by atoms with Gasteiger partial charge in [-0.3, -0.25) is 4.90 Å². The summed E-state index contributed by atoms with van der Waals surface area (Å²) < 4.78 is 19.4. The van der Waals surface area contributed by atoms with Crippen molar-refractivity contribution in [2.24, 2.45) is 5.92 Å². The first-order chi connectivity index (χ1) is 26.3. The second kappa shape index (κ2) is 42.3. The van der Waals surface area contributed by atoms with Gasteiger partial charge in [-0.15, -0.1) is 0 Å². The molecule has 0 spiro atoms. The van der Waals surface area contributed by atoms with Crippen LogP contribution in [0.3, 0.4) is 0 Å². The maximum atomic E-state index is 9.22. The fourth-order valence-electron chi connectivity index (χ4n) is 7.27. The topological polar surface area (TPSA) is 71.4 Å². The van der Waals surface area contributed by atoms with Crippen LogP contribution in [0.1, 0.15) is 220 Å². The van der Waals surface area contributed by atoms with E-state index in [1.807, 2.05) is 0 Å². The highest BCUT2D eigenvalue weighted by Crippen LogP contribution is 2.20. The van der Waals surface area contributed by atoms with Crippen molar-refractivity contribution in [3.05, 3.63) is 12.2 Å². The Labute approximate surface area is 339 Å². The Morgan fingerprint density at radius 1 is 0.500 bits per heavy atom. The lowest BCUT2D eigenvalue weighted by molar-refractivity contribution is -0.104. The van der Waals surface area contributed by atoms with Crippen molar-refractivity contribution in [3.63, 3.8) is 0 Å². The lowest BCUT2D eigenvalue weighted by Crippen LogP contribution is -2.40. The number of rotatable bonds is 45. The third-order valence-electron chi connectivity index (χ3n) is 10.7. The zero-order valence-corrected chi connectivity index (χ0v) is 38.2. The van der Waals surface area contributed by atoms with Crippen LogP contribution in [0.2, 0.25) is 13.1 Å². The maximum absolute atomic E-state index is 9.22. The molecule has 0 amide bonds. The molecule has 0 aromatic heterocycles. The number of ether oxygens (including phenoxy) is 1. The van der Waals surface area contributed by atoms with Crippen LogP contribution in [-0.2, 0) is 13.6 Å². The normalized spacial score (nSPS) is 13.0. The lowest BCUT2D eigenvalue weighted by Gasteiger charge is -2.29. The molecule has 0 saturated carbocycles. The van der Waals surface area contributed by atoms with E-state index in [1.54, 1.807) is 0 Å². The number of hydrogen-bond donors (Lipinski definition) is 2. The van der Waals surface area contributed by atoms with E-state index in [2.05, 4.69) is 50.9 Å². The van der Waals surface area contributed by atoms with E-state index in [0.717, 1.165) is 70.6 Å². The molecule has 0 rings (SSSR count). The number of hydrogen-bond acceptors (Lipinski definition) is 6. The molecule has 1 unspecified atom stereocenters. The summed E-state index contributed by atoms with van der Waals surface area (Å²) in [5.41, 5.74) is 0. The number of aliphatic hydroxyl groups excluding tert-OH is 2. The SMILES string of the molecule is CCCCCCCC/C=C\CCCCCCCC(OCCCCCCCCCCCCCCC(C)C)O[Si](C)(C)OCCCCCCN(CCO)CCO. The Hall–Kier alpha value is -0.283. The van der Waals surface area contributed by atoms with E-state index in [-0.39, 0.29) is 19.5 Å². The van der Waals surface area contributed by atoms with Crippen LogP contribution in [0.4, 0.5) is 0 Å². The van der Waals surface area contributed by atoms with Gasteiger partial charge in [-0.2, -0.15) is 0 Å². The first-order valence-electron chi connectivity index (χ1n) is 23.9. The van der Waals surface area contributed by atoms with Gasteiger partial charge in [0.25, 0.3) is 0 Å². The molecule has 0 radical (unpaired) electrons. The van der Waals surface area contributed by atoms with Gasteiger partial charge in [-0.05, 0) is 83.3 Å². The second-order valence-corrected chi connectivity index (χ2v) is 20.5. The molecule has 0 aliphatic heterocycles. The van der Waals surface area contributed by atoms with Gasteiger partial charge in [0.05, 0.1) is 13.2 Å². The van der Waals surface area contributed by atoms with Crippen LogP contribution in [0, 0.1) is 5.92 Å². The maximum Gasteiger partial charge on any atom is 0.333 e. The minimum atomic E-state index is -2.29. The summed E-state index contributed by atoms with van der Waals surface area (Å²) in [7, 11) is -2.29. The monoisotopic (exact) mass is 784 g/mol. The van der Waals surface area contributed by atoms with E-state index in [9.17, 15) is 10.2 Å². The van der Waals surface area contributed by atoms with E-state index >= 15 is 0 Å². The van der Waals surface area contributed by atoms with Crippen molar-refractivity contribution in [3.8, 4) is 0 Å². The highest BCUT2D eigenvalue weighted by Gasteiger charge is 2.29. The van der Waals surface area contributed by atoms with Gasteiger partial charge in [0.15, 0.2) is 0 Å². The molecular weight excluding hydrogens is 687 g/mol. The largest absolute Gasteiger partial charge is 0.395 e. The summed E-state index contributed by atoms with van der Waals surface area (Å²) in [6, 6.07) is 0. The predicted molar refractivity (Wildman–Crippen MR) is 238 cm³/mol. The molecule has 54 heavy (non-hydrogen) atoms. The molecule has 0 bridgehead atoms. The Morgan fingerprint density at radius 3 is 1.43 bits per heavy atom. The fraction of sp³-hybridized carbons (Fsp3) is 0.957. The van der Waals surface area contributed by atoms with Gasteiger partial charge in [-0.25, -0.2) is 0 Å². The molecule has 1 atom stereocenters. The minimum absolute atomic E-state index is 0.147. The van der Waals surface area contributed by atoms with Gasteiger partial charge in [0.1, 0.15) is 6.29 Å². The number of aliphatic hydroxyl groups is 2. The standard InChI is InChI=1S/C47H97NO5Si/c1-6-7-8-9-10-11-12-13-14-15-19-22-25-28-33-38-47(51-44-35-30-26-23-20-17-16-18-21-24-27-32-37-46(2)3)53-54(4,5)52-45-36-31-29-34-39-48(40-42-49)41-43-50/h13-14,46-47,49-50H,6-12,15-45H2,1-5H3/b14-13-. The predicted octanol–water partition coefficient (Wildman–Crippen LogP) is 13.7. The summed E-state index contributed by atoms with van der Waals surface area (Å²) in [6.45, 7) is 15.4. The molecule has 0 aliphatic carbocycles. The first kappa shape index (κ1) is 53.7.